The van der Waals surface area contributed by atoms with E-state index in [0.717, 1.165) is 0 Å². The number of hydrogen-bond donors (Lipinski definition) is 1. The summed E-state index contributed by atoms with van der Waals surface area (Å²) < 4.78 is 16.2. The average molecular weight is 377 g/mol. The van der Waals surface area contributed by atoms with E-state index in [-0.39, 0.29) is 11.4 Å². The highest BCUT2D eigenvalue weighted by Gasteiger charge is 2.16. The first-order valence-corrected chi connectivity index (χ1v) is 6.51. The van der Waals surface area contributed by atoms with E-state index in [9.17, 15) is 9.18 Å². The number of aryl methyl sites for hydroxylation is 1. The standard InChI is InChI=1S/C11H8Br2FN3O/c1-17-5-7(13)10(16-17)11(18)15-9-3-2-6(12)4-8(9)14/h2-5H,1H3,(H,15,18). The summed E-state index contributed by atoms with van der Waals surface area (Å²) in [6.07, 6.45) is 1.65. The molecule has 1 amide bonds. The molecule has 0 saturated carbocycles. The molecule has 2 rings (SSSR count). The summed E-state index contributed by atoms with van der Waals surface area (Å²) in [5, 5.41) is 6.45. The van der Waals surface area contributed by atoms with Crippen molar-refractivity contribution in [2.75, 3.05) is 5.32 Å². The van der Waals surface area contributed by atoms with Gasteiger partial charge in [-0.1, -0.05) is 15.9 Å². The maximum atomic E-state index is 13.6. The molecule has 0 spiro atoms. The normalized spacial score (nSPS) is 10.4. The molecule has 0 unspecified atom stereocenters. The number of aromatic nitrogens is 2. The van der Waals surface area contributed by atoms with Crippen LogP contribution in [0.3, 0.4) is 0 Å². The molecule has 1 aromatic heterocycles. The van der Waals surface area contributed by atoms with E-state index < -0.39 is 11.7 Å². The van der Waals surface area contributed by atoms with Crippen LogP contribution in [0, 0.1) is 5.82 Å². The predicted octanol–water partition coefficient (Wildman–Crippen LogP) is 3.34. The molecule has 0 aliphatic carbocycles. The Bertz CT molecular complexity index is 612. The number of amides is 1. The Kier molecular flexibility index (Phi) is 3.82. The van der Waals surface area contributed by atoms with Gasteiger partial charge in [-0.25, -0.2) is 4.39 Å². The van der Waals surface area contributed by atoms with Crippen LogP contribution in [0.2, 0.25) is 0 Å². The first-order chi connectivity index (χ1) is 8.47. The molecule has 18 heavy (non-hydrogen) atoms. The lowest BCUT2D eigenvalue weighted by molar-refractivity contribution is 0.102. The lowest BCUT2D eigenvalue weighted by Gasteiger charge is -2.05. The summed E-state index contributed by atoms with van der Waals surface area (Å²) in [6, 6.07) is 4.41. The van der Waals surface area contributed by atoms with Gasteiger partial charge in [-0.3, -0.25) is 9.48 Å². The summed E-state index contributed by atoms with van der Waals surface area (Å²) >= 11 is 6.36. The number of carbonyl (C=O) groups excluding carboxylic acids is 1. The van der Waals surface area contributed by atoms with E-state index >= 15 is 0 Å². The fraction of sp³-hybridized carbons (Fsp3) is 0.0909. The molecule has 2 aromatic rings. The highest BCUT2D eigenvalue weighted by atomic mass is 79.9. The van der Waals surface area contributed by atoms with Crippen LogP contribution in [0.4, 0.5) is 10.1 Å². The molecule has 0 atom stereocenters. The van der Waals surface area contributed by atoms with Crippen LogP contribution in [-0.4, -0.2) is 15.7 Å². The molecular weight excluding hydrogens is 369 g/mol. The lowest BCUT2D eigenvalue weighted by atomic mass is 10.3. The van der Waals surface area contributed by atoms with Gasteiger partial charge in [0.15, 0.2) is 5.69 Å². The van der Waals surface area contributed by atoms with Crippen molar-refractivity contribution >= 4 is 43.5 Å². The SMILES string of the molecule is Cn1cc(Br)c(C(=O)Nc2ccc(Br)cc2F)n1. The molecule has 0 saturated heterocycles. The molecule has 0 fully saturated rings. The van der Waals surface area contributed by atoms with Crippen molar-refractivity contribution in [2.45, 2.75) is 0 Å². The monoisotopic (exact) mass is 375 g/mol. The third kappa shape index (κ3) is 2.78. The molecule has 0 bridgehead atoms. The van der Waals surface area contributed by atoms with Crippen molar-refractivity contribution in [3.63, 3.8) is 0 Å². The molecule has 0 aliphatic heterocycles. The summed E-state index contributed by atoms with van der Waals surface area (Å²) in [5.74, 6) is -0.978. The molecule has 1 N–H and O–H groups in total. The minimum Gasteiger partial charge on any atom is -0.318 e. The first-order valence-electron chi connectivity index (χ1n) is 4.93. The van der Waals surface area contributed by atoms with Gasteiger partial charge >= 0.3 is 0 Å². The summed E-state index contributed by atoms with van der Waals surface area (Å²) in [6.45, 7) is 0. The number of hydrogen-bond acceptors (Lipinski definition) is 2. The van der Waals surface area contributed by atoms with E-state index in [1.54, 1.807) is 19.3 Å². The molecule has 1 aromatic carbocycles. The van der Waals surface area contributed by atoms with Crippen molar-refractivity contribution in [3.05, 3.63) is 44.9 Å². The minimum atomic E-state index is -0.509. The number of carbonyl (C=O) groups is 1. The van der Waals surface area contributed by atoms with Crippen molar-refractivity contribution < 1.29 is 9.18 Å². The summed E-state index contributed by atoms with van der Waals surface area (Å²) in [4.78, 5) is 11.9. The van der Waals surface area contributed by atoms with Gasteiger partial charge in [-0.15, -0.1) is 0 Å². The van der Waals surface area contributed by atoms with Crippen LogP contribution in [0.5, 0.6) is 0 Å². The van der Waals surface area contributed by atoms with Gasteiger partial charge in [0, 0.05) is 17.7 Å². The quantitative estimate of drug-likeness (QED) is 0.873. The number of halogens is 3. The Balaban J connectivity index is 2.24. The Labute approximate surface area is 119 Å². The van der Waals surface area contributed by atoms with Crippen LogP contribution >= 0.6 is 31.9 Å². The average Bonchev–Trinajstić information content (AvgIpc) is 2.62. The predicted molar refractivity (Wildman–Crippen MR) is 73.0 cm³/mol. The van der Waals surface area contributed by atoms with Crippen LogP contribution in [0.15, 0.2) is 33.3 Å². The molecule has 1 heterocycles. The Morgan fingerprint density at radius 1 is 1.44 bits per heavy atom. The van der Waals surface area contributed by atoms with Gasteiger partial charge in [-0.2, -0.15) is 5.10 Å². The first kappa shape index (κ1) is 13.2. The number of anilines is 1. The molecule has 7 heteroatoms. The van der Waals surface area contributed by atoms with E-state index in [1.165, 1.54) is 16.8 Å². The zero-order valence-corrected chi connectivity index (χ0v) is 12.4. The molecule has 4 nitrogen and oxygen atoms in total. The maximum absolute atomic E-state index is 13.6. The second-order valence-corrected chi connectivity index (χ2v) is 5.35. The molecule has 0 aliphatic rings. The summed E-state index contributed by atoms with van der Waals surface area (Å²) in [7, 11) is 1.70. The van der Waals surface area contributed by atoms with E-state index in [4.69, 9.17) is 0 Å². The van der Waals surface area contributed by atoms with E-state index in [0.29, 0.717) is 8.95 Å². The van der Waals surface area contributed by atoms with Crippen molar-refractivity contribution in [1.82, 2.24) is 9.78 Å². The zero-order valence-electron chi connectivity index (χ0n) is 9.25. The number of rotatable bonds is 2. The smallest absolute Gasteiger partial charge is 0.277 e. The van der Waals surface area contributed by atoms with Crippen LogP contribution in [-0.2, 0) is 7.05 Å². The highest BCUT2D eigenvalue weighted by molar-refractivity contribution is 9.10. The van der Waals surface area contributed by atoms with E-state index in [2.05, 4.69) is 42.3 Å². The van der Waals surface area contributed by atoms with Gasteiger partial charge < -0.3 is 5.32 Å². The lowest BCUT2D eigenvalue weighted by Crippen LogP contribution is -2.14. The number of nitrogens with zero attached hydrogens (tertiary/aromatic N) is 2. The third-order valence-electron chi connectivity index (χ3n) is 2.18. The number of nitrogens with one attached hydrogen (secondary N) is 1. The van der Waals surface area contributed by atoms with Gasteiger partial charge in [0.05, 0.1) is 10.2 Å². The van der Waals surface area contributed by atoms with Crippen molar-refractivity contribution in [2.24, 2.45) is 7.05 Å². The Hall–Kier alpha value is -1.21. The van der Waals surface area contributed by atoms with Crippen LogP contribution < -0.4 is 5.32 Å². The van der Waals surface area contributed by atoms with Crippen LogP contribution in [0.1, 0.15) is 10.5 Å². The Morgan fingerprint density at radius 3 is 2.72 bits per heavy atom. The van der Waals surface area contributed by atoms with Gasteiger partial charge in [0.1, 0.15) is 5.82 Å². The molecule has 0 radical (unpaired) electrons. The molecular formula is C11H8Br2FN3O. The van der Waals surface area contributed by atoms with Gasteiger partial charge in [0.2, 0.25) is 0 Å². The number of benzene rings is 1. The van der Waals surface area contributed by atoms with Crippen LogP contribution in [0.25, 0.3) is 0 Å². The molecule has 94 valence electrons. The van der Waals surface area contributed by atoms with E-state index in [1.807, 2.05) is 0 Å². The highest BCUT2D eigenvalue weighted by Crippen LogP contribution is 2.21. The second kappa shape index (κ2) is 5.19. The topological polar surface area (TPSA) is 46.9 Å². The Morgan fingerprint density at radius 2 is 2.17 bits per heavy atom. The second-order valence-electron chi connectivity index (χ2n) is 3.58. The van der Waals surface area contributed by atoms with Gasteiger partial charge in [-0.05, 0) is 34.1 Å². The third-order valence-corrected chi connectivity index (χ3v) is 3.25. The fourth-order valence-corrected chi connectivity index (χ4v) is 2.27. The van der Waals surface area contributed by atoms with Gasteiger partial charge in [0.25, 0.3) is 5.91 Å². The van der Waals surface area contributed by atoms with Crippen molar-refractivity contribution in [1.29, 1.82) is 0 Å². The fourth-order valence-electron chi connectivity index (χ4n) is 1.39. The zero-order chi connectivity index (χ0) is 13.3. The van der Waals surface area contributed by atoms with Crippen molar-refractivity contribution in [3.8, 4) is 0 Å². The largest absolute Gasteiger partial charge is 0.318 e. The maximum Gasteiger partial charge on any atom is 0.277 e. The summed E-state index contributed by atoms with van der Waals surface area (Å²) in [5.41, 5.74) is 0.320. The minimum absolute atomic E-state index is 0.112.